The van der Waals surface area contributed by atoms with Crippen LogP contribution in [-0.4, -0.2) is 22.9 Å². The molecule has 9 heteroatoms. The van der Waals surface area contributed by atoms with Crippen molar-refractivity contribution in [3.63, 3.8) is 0 Å². The van der Waals surface area contributed by atoms with E-state index in [1.807, 2.05) is 0 Å². The second-order valence-corrected chi connectivity index (χ2v) is 6.74. The van der Waals surface area contributed by atoms with E-state index in [9.17, 15) is 18.0 Å². The van der Waals surface area contributed by atoms with Crippen LogP contribution in [0.15, 0.2) is 69.2 Å². The van der Waals surface area contributed by atoms with Crippen molar-refractivity contribution in [3.05, 3.63) is 76.3 Å². The molecule has 0 saturated carbocycles. The Morgan fingerprint density at radius 1 is 1.09 bits per heavy atom. The highest BCUT2D eigenvalue weighted by molar-refractivity contribution is 7.90. The van der Waals surface area contributed by atoms with Crippen LogP contribution in [0.2, 0.25) is 5.02 Å². The van der Waals surface area contributed by atoms with Crippen LogP contribution in [0.3, 0.4) is 0 Å². The van der Waals surface area contributed by atoms with Gasteiger partial charge in [-0.15, -0.1) is 0 Å². The van der Waals surface area contributed by atoms with Gasteiger partial charge in [-0.2, -0.15) is 3.97 Å². The number of halogens is 1. The minimum Gasteiger partial charge on any atom is -0.459 e. The molecular formula is C14H9ClN2O5S. The van der Waals surface area contributed by atoms with Crippen LogP contribution in [0.25, 0.3) is 0 Å². The number of aromatic nitrogens is 2. The first kappa shape index (κ1) is 15.3. The summed E-state index contributed by atoms with van der Waals surface area (Å²) in [7, 11) is -4.13. The minimum atomic E-state index is -4.13. The van der Waals surface area contributed by atoms with Gasteiger partial charge in [-0.05, 0) is 36.4 Å². The number of nitrogens with zero attached hydrogens (tertiary/aromatic N) is 2. The average Bonchev–Trinajstić information content (AvgIpc) is 3.16. The molecule has 0 aliphatic carbocycles. The molecule has 0 atom stereocenters. The highest BCUT2D eigenvalue weighted by Gasteiger charge is 2.23. The zero-order chi connectivity index (χ0) is 16.6. The molecule has 3 rings (SSSR count). The van der Waals surface area contributed by atoms with Gasteiger partial charge in [0.05, 0.1) is 11.2 Å². The maximum absolute atomic E-state index is 12.5. The Balaban J connectivity index is 2.07. The third kappa shape index (κ3) is 2.62. The minimum absolute atomic E-state index is 0.0752. The highest BCUT2D eigenvalue weighted by atomic mass is 35.5. The molecule has 0 amide bonds. The monoisotopic (exact) mass is 352 g/mol. The Labute approximate surface area is 135 Å². The molecule has 0 aliphatic heterocycles. The van der Waals surface area contributed by atoms with E-state index in [0.29, 0.717) is 13.6 Å². The Kier molecular flexibility index (Phi) is 3.70. The summed E-state index contributed by atoms with van der Waals surface area (Å²) in [6, 6.07) is 8.19. The number of imidazole rings is 1. The Morgan fingerprint density at radius 3 is 2.39 bits per heavy atom. The molecule has 0 fully saturated rings. The molecule has 1 aromatic carbocycles. The Morgan fingerprint density at radius 2 is 1.78 bits per heavy atom. The van der Waals surface area contributed by atoms with Crippen molar-refractivity contribution in [2.24, 2.45) is 0 Å². The van der Waals surface area contributed by atoms with Crippen LogP contribution < -0.4 is 5.69 Å². The fourth-order valence-electron chi connectivity index (χ4n) is 1.94. The van der Waals surface area contributed by atoms with Crippen molar-refractivity contribution in [1.82, 2.24) is 8.54 Å². The first-order chi connectivity index (χ1) is 10.9. The smallest absolute Gasteiger partial charge is 0.349 e. The van der Waals surface area contributed by atoms with Gasteiger partial charge < -0.3 is 4.42 Å². The van der Waals surface area contributed by atoms with E-state index in [-0.39, 0.29) is 10.7 Å². The van der Waals surface area contributed by atoms with Crippen molar-refractivity contribution >= 4 is 27.5 Å². The average molecular weight is 353 g/mol. The second kappa shape index (κ2) is 5.56. The summed E-state index contributed by atoms with van der Waals surface area (Å²) in [6.45, 7) is 0. The van der Waals surface area contributed by atoms with Gasteiger partial charge >= 0.3 is 11.6 Å². The van der Waals surface area contributed by atoms with Crippen molar-refractivity contribution in [1.29, 1.82) is 0 Å². The lowest BCUT2D eigenvalue weighted by atomic mass is 10.4. The lowest BCUT2D eigenvalue weighted by Gasteiger charge is -2.04. The van der Waals surface area contributed by atoms with Crippen molar-refractivity contribution < 1.29 is 17.6 Å². The van der Waals surface area contributed by atoms with Crippen LogP contribution in [0, 0.1) is 0 Å². The zero-order valence-corrected chi connectivity index (χ0v) is 13.0. The zero-order valence-electron chi connectivity index (χ0n) is 11.4. The van der Waals surface area contributed by atoms with Gasteiger partial charge in [0, 0.05) is 17.4 Å². The molecule has 2 heterocycles. The van der Waals surface area contributed by atoms with Gasteiger partial charge in [-0.1, -0.05) is 11.6 Å². The van der Waals surface area contributed by atoms with Gasteiger partial charge in [0.25, 0.3) is 10.0 Å². The molecule has 0 bridgehead atoms. The molecule has 23 heavy (non-hydrogen) atoms. The number of carbonyl (C=O) groups is 1. The van der Waals surface area contributed by atoms with E-state index in [1.54, 1.807) is 0 Å². The van der Waals surface area contributed by atoms with E-state index in [1.165, 1.54) is 42.7 Å². The summed E-state index contributed by atoms with van der Waals surface area (Å²) in [5.41, 5.74) is -1.01. The lowest BCUT2D eigenvalue weighted by molar-refractivity contribution is 0.0928. The normalized spacial score (nSPS) is 11.5. The maximum Gasteiger partial charge on any atom is 0.349 e. The first-order valence-electron chi connectivity index (χ1n) is 6.30. The number of hydrogen-bond acceptors (Lipinski definition) is 5. The molecule has 0 radical (unpaired) electrons. The molecule has 3 aromatic rings. The third-order valence-corrected chi connectivity index (χ3v) is 4.98. The number of carbonyl (C=O) groups excluding carboxylic acids is 1. The largest absolute Gasteiger partial charge is 0.459 e. The Bertz CT molecular complexity index is 1010. The van der Waals surface area contributed by atoms with Crippen LogP contribution in [0.1, 0.15) is 10.6 Å². The predicted octanol–water partition coefficient (Wildman–Crippen LogP) is 1.82. The van der Waals surface area contributed by atoms with Crippen molar-refractivity contribution in [3.8, 4) is 0 Å². The standard InChI is InChI=1S/C14H9ClN2O5S/c15-10-3-5-11(6-4-10)23(20,21)17-8-7-16(14(17)19)13(18)12-2-1-9-22-12/h1-9H. The van der Waals surface area contributed by atoms with Crippen molar-refractivity contribution in [2.75, 3.05) is 0 Å². The molecule has 118 valence electrons. The molecule has 0 unspecified atom stereocenters. The molecular weight excluding hydrogens is 344 g/mol. The number of rotatable bonds is 3. The molecule has 0 aliphatic rings. The highest BCUT2D eigenvalue weighted by Crippen LogP contribution is 2.16. The van der Waals surface area contributed by atoms with Crippen LogP contribution in [0.5, 0.6) is 0 Å². The fraction of sp³-hybridized carbons (Fsp3) is 0. The quantitative estimate of drug-likeness (QED) is 0.717. The maximum atomic E-state index is 12.5. The summed E-state index contributed by atoms with van der Waals surface area (Å²) in [6.07, 6.45) is 3.35. The fourth-order valence-corrected chi connectivity index (χ4v) is 3.28. The van der Waals surface area contributed by atoms with Gasteiger partial charge in [0.2, 0.25) is 0 Å². The molecule has 2 aromatic heterocycles. The number of benzene rings is 1. The summed E-state index contributed by atoms with van der Waals surface area (Å²) in [4.78, 5) is 24.2. The predicted molar refractivity (Wildman–Crippen MR) is 81.2 cm³/mol. The Hall–Kier alpha value is -2.58. The number of hydrogen-bond donors (Lipinski definition) is 0. The molecule has 0 spiro atoms. The van der Waals surface area contributed by atoms with E-state index in [0.717, 1.165) is 12.4 Å². The van der Waals surface area contributed by atoms with Gasteiger partial charge in [0.15, 0.2) is 5.76 Å². The van der Waals surface area contributed by atoms with Crippen LogP contribution in [-0.2, 0) is 10.0 Å². The van der Waals surface area contributed by atoms with E-state index >= 15 is 0 Å². The van der Waals surface area contributed by atoms with Crippen LogP contribution >= 0.6 is 11.6 Å². The lowest BCUT2D eigenvalue weighted by Crippen LogP contribution is -2.32. The van der Waals surface area contributed by atoms with E-state index < -0.39 is 21.6 Å². The van der Waals surface area contributed by atoms with E-state index in [2.05, 4.69) is 0 Å². The summed E-state index contributed by atoms with van der Waals surface area (Å²) >= 11 is 5.72. The third-order valence-electron chi connectivity index (χ3n) is 3.07. The van der Waals surface area contributed by atoms with Crippen molar-refractivity contribution in [2.45, 2.75) is 4.90 Å². The van der Waals surface area contributed by atoms with Gasteiger partial charge in [0.1, 0.15) is 0 Å². The number of furan rings is 1. The van der Waals surface area contributed by atoms with E-state index in [4.69, 9.17) is 16.0 Å². The van der Waals surface area contributed by atoms with Gasteiger partial charge in [-0.3, -0.25) is 4.79 Å². The summed E-state index contributed by atoms with van der Waals surface area (Å²) in [5.74, 6) is -0.834. The van der Waals surface area contributed by atoms with Crippen LogP contribution in [0.4, 0.5) is 0 Å². The van der Waals surface area contributed by atoms with Gasteiger partial charge in [-0.25, -0.2) is 17.8 Å². The topological polar surface area (TPSA) is 91.3 Å². The molecule has 0 N–H and O–H groups in total. The first-order valence-corrected chi connectivity index (χ1v) is 8.12. The molecule has 7 nitrogen and oxygen atoms in total. The summed E-state index contributed by atoms with van der Waals surface area (Å²) < 4.78 is 31.0. The second-order valence-electron chi connectivity index (χ2n) is 4.49. The molecule has 0 saturated heterocycles. The summed E-state index contributed by atoms with van der Waals surface area (Å²) in [5, 5.41) is 0.363. The SMILES string of the molecule is O=C(c1ccco1)n1ccn(S(=O)(=O)c2ccc(Cl)cc2)c1=O.